The van der Waals surface area contributed by atoms with Crippen LogP contribution in [0.2, 0.25) is 0 Å². The summed E-state index contributed by atoms with van der Waals surface area (Å²) >= 11 is 0. The fraction of sp³-hybridized carbons (Fsp3) is 1.00. The zero-order chi connectivity index (χ0) is 12.5. The number of likely N-dealkylation sites (tertiary alicyclic amines) is 2. The molecule has 0 spiro atoms. The van der Waals surface area contributed by atoms with E-state index < -0.39 is 0 Å². The molecule has 3 rings (SSSR count). The van der Waals surface area contributed by atoms with Crippen LogP contribution in [0.3, 0.4) is 0 Å². The van der Waals surface area contributed by atoms with E-state index in [1.807, 2.05) is 0 Å². The first-order valence-electron chi connectivity index (χ1n) is 7.90. The van der Waals surface area contributed by atoms with Crippen LogP contribution in [0.4, 0.5) is 0 Å². The van der Waals surface area contributed by atoms with Gasteiger partial charge in [0.25, 0.3) is 0 Å². The quantitative estimate of drug-likeness (QED) is 0.818. The van der Waals surface area contributed by atoms with E-state index in [0.717, 1.165) is 24.0 Å². The van der Waals surface area contributed by atoms with Crippen LogP contribution in [0, 0.1) is 5.92 Å². The first kappa shape index (κ1) is 12.9. The van der Waals surface area contributed by atoms with Gasteiger partial charge in [-0.05, 0) is 71.6 Å². The van der Waals surface area contributed by atoms with Gasteiger partial charge in [0.1, 0.15) is 0 Å². The summed E-state index contributed by atoms with van der Waals surface area (Å²) in [7, 11) is 2.27. The van der Waals surface area contributed by atoms with Gasteiger partial charge >= 0.3 is 0 Å². The van der Waals surface area contributed by atoms with Gasteiger partial charge in [-0.3, -0.25) is 4.90 Å². The van der Waals surface area contributed by atoms with Gasteiger partial charge in [-0.1, -0.05) is 0 Å². The molecule has 0 radical (unpaired) electrons. The third-order valence-electron chi connectivity index (χ3n) is 5.30. The Balaban J connectivity index is 1.39. The minimum absolute atomic E-state index is 0.778. The van der Waals surface area contributed by atoms with Gasteiger partial charge < -0.3 is 10.2 Å². The molecule has 0 aromatic carbocycles. The Morgan fingerprint density at radius 2 is 1.83 bits per heavy atom. The van der Waals surface area contributed by atoms with Gasteiger partial charge in [0, 0.05) is 24.7 Å². The molecule has 2 atom stereocenters. The summed E-state index contributed by atoms with van der Waals surface area (Å²) in [6.45, 7) is 7.56. The van der Waals surface area contributed by atoms with Crippen LogP contribution in [-0.2, 0) is 0 Å². The molecule has 3 aliphatic rings. The predicted octanol–water partition coefficient (Wildman–Crippen LogP) is 1.54. The lowest BCUT2D eigenvalue weighted by atomic mass is 10.0. The van der Waals surface area contributed by atoms with E-state index in [9.17, 15) is 0 Å². The summed E-state index contributed by atoms with van der Waals surface area (Å²) in [5.74, 6) is 1.02. The average Bonchev–Trinajstić information content (AvgIpc) is 3.14. The molecule has 104 valence electrons. The lowest BCUT2D eigenvalue weighted by Gasteiger charge is -2.36. The summed E-state index contributed by atoms with van der Waals surface area (Å²) in [6, 6.07) is 2.41. The first-order valence-corrected chi connectivity index (χ1v) is 7.90. The lowest BCUT2D eigenvalue weighted by molar-refractivity contribution is 0.145. The van der Waals surface area contributed by atoms with Crippen LogP contribution in [-0.4, -0.2) is 61.2 Å². The largest absolute Gasteiger partial charge is 0.314 e. The van der Waals surface area contributed by atoms with Gasteiger partial charge in [-0.2, -0.15) is 0 Å². The number of likely N-dealkylation sites (N-methyl/N-ethyl adjacent to an activating group) is 1. The normalized spacial score (nSPS) is 36.3. The van der Waals surface area contributed by atoms with E-state index in [4.69, 9.17) is 0 Å². The van der Waals surface area contributed by atoms with Crippen molar-refractivity contribution in [3.05, 3.63) is 0 Å². The molecular weight excluding hydrogens is 222 g/mol. The van der Waals surface area contributed by atoms with Gasteiger partial charge in [0.15, 0.2) is 0 Å². The number of piperidine rings is 1. The highest BCUT2D eigenvalue weighted by atomic mass is 15.3. The second-order valence-electron chi connectivity index (χ2n) is 6.84. The zero-order valence-corrected chi connectivity index (χ0v) is 12.1. The first-order chi connectivity index (χ1) is 8.72. The maximum atomic E-state index is 3.78. The summed E-state index contributed by atoms with van der Waals surface area (Å²) in [5.41, 5.74) is 0. The predicted molar refractivity (Wildman–Crippen MR) is 75.8 cm³/mol. The Morgan fingerprint density at radius 1 is 1.11 bits per heavy atom. The van der Waals surface area contributed by atoms with Crippen LogP contribution in [0.5, 0.6) is 0 Å². The zero-order valence-electron chi connectivity index (χ0n) is 12.1. The second-order valence-corrected chi connectivity index (χ2v) is 6.84. The third kappa shape index (κ3) is 3.06. The van der Waals surface area contributed by atoms with E-state index >= 15 is 0 Å². The highest BCUT2D eigenvalue weighted by Gasteiger charge is 2.32. The van der Waals surface area contributed by atoms with Gasteiger partial charge in [0.05, 0.1) is 0 Å². The Hall–Kier alpha value is -0.120. The second kappa shape index (κ2) is 5.48. The molecule has 2 saturated heterocycles. The molecular formula is C15H29N3. The van der Waals surface area contributed by atoms with Crippen molar-refractivity contribution in [3.8, 4) is 0 Å². The fourth-order valence-electron chi connectivity index (χ4n) is 3.55. The maximum absolute atomic E-state index is 3.78. The van der Waals surface area contributed by atoms with Crippen LogP contribution in [0.15, 0.2) is 0 Å². The monoisotopic (exact) mass is 251 g/mol. The molecule has 1 saturated carbocycles. The van der Waals surface area contributed by atoms with E-state index in [1.165, 1.54) is 58.3 Å². The van der Waals surface area contributed by atoms with Crippen molar-refractivity contribution >= 4 is 0 Å². The maximum Gasteiger partial charge on any atom is 0.0237 e. The van der Waals surface area contributed by atoms with E-state index in [2.05, 4.69) is 29.1 Å². The number of nitrogens with one attached hydrogen (secondary N) is 1. The SMILES string of the molecule is CC1CC(N2CCC(NCC3CC3)CC2)CN1C. The minimum Gasteiger partial charge on any atom is -0.314 e. The molecule has 1 N–H and O–H groups in total. The molecule has 3 fully saturated rings. The topological polar surface area (TPSA) is 18.5 Å². The molecule has 2 unspecified atom stereocenters. The fourth-order valence-corrected chi connectivity index (χ4v) is 3.55. The number of rotatable bonds is 4. The lowest BCUT2D eigenvalue weighted by Crippen LogP contribution is -2.47. The van der Waals surface area contributed by atoms with Crippen molar-refractivity contribution in [2.45, 2.75) is 57.2 Å². The summed E-state index contributed by atoms with van der Waals surface area (Å²) in [4.78, 5) is 5.26. The highest BCUT2D eigenvalue weighted by molar-refractivity contribution is 4.90. The third-order valence-corrected chi connectivity index (χ3v) is 5.30. The van der Waals surface area contributed by atoms with E-state index in [1.54, 1.807) is 0 Å². The van der Waals surface area contributed by atoms with E-state index in [-0.39, 0.29) is 0 Å². The van der Waals surface area contributed by atoms with Crippen molar-refractivity contribution in [2.75, 3.05) is 33.2 Å². The standard InChI is InChI=1S/C15H29N3/c1-12-9-15(11-17(12)2)18-7-5-14(6-8-18)16-10-13-3-4-13/h12-16H,3-11H2,1-2H3. The Bertz CT molecular complexity index is 259. The van der Waals surface area contributed by atoms with Gasteiger partial charge in [-0.25, -0.2) is 0 Å². The number of nitrogens with zero attached hydrogens (tertiary/aromatic N) is 2. The van der Waals surface area contributed by atoms with Crippen LogP contribution in [0.1, 0.15) is 39.0 Å². The molecule has 0 amide bonds. The van der Waals surface area contributed by atoms with Gasteiger partial charge in [-0.15, -0.1) is 0 Å². The van der Waals surface area contributed by atoms with Crippen molar-refractivity contribution in [1.29, 1.82) is 0 Å². The summed E-state index contributed by atoms with van der Waals surface area (Å²) in [6.07, 6.45) is 7.04. The molecule has 0 bridgehead atoms. The Morgan fingerprint density at radius 3 is 2.39 bits per heavy atom. The van der Waals surface area contributed by atoms with Crippen LogP contribution in [0.25, 0.3) is 0 Å². The number of hydrogen-bond acceptors (Lipinski definition) is 3. The molecule has 1 aliphatic carbocycles. The van der Waals surface area contributed by atoms with Crippen molar-refractivity contribution in [1.82, 2.24) is 15.1 Å². The van der Waals surface area contributed by atoms with Crippen LogP contribution < -0.4 is 5.32 Å². The summed E-state index contributed by atoms with van der Waals surface area (Å²) in [5, 5.41) is 3.78. The van der Waals surface area contributed by atoms with E-state index in [0.29, 0.717) is 0 Å². The molecule has 2 aliphatic heterocycles. The molecule has 2 heterocycles. The molecule has 0 aromatic heterocycles. The van der Waals surface area contributed by atoms with Gasteiger partial charge in [0.2, 0.25) is 0 Å². The Kier molecular flexibility index (Phi) is 3.92. The number of hydrogen-bond donors (Lipinski definition) is 1. The minimum atomic E-state index is 0.778. The molecule has 3 nitrogen and oxygen atoms in total. The summed E-state index contributed by atoms with van der Waals surface area (Å²) < 4.78 is 0. The molecule has 18 heavy (non-hydrogen) atoms. The average molecular weight is 251 g/mol. The molecule has 0 aromatic rings. The van der Waals surface area contributed by atoms with Crippen molar-refractivity contribution < 1.29 is 0 Å². The van der Waals surface area contributed by atoms with Crippen molar-refractivity contribution in [3.63, 3.8) is 0 Å². The smallest absolute Gasteiger partial charge is 0.0237 e. The highest BCUT2D eigenvalue weighted by Crippen LogP contribution is 2.28. The molecule has 3 heteroatoms. The van der Waals surface area contributed by atoms with Crippen LogP contribution >= 0.6 is 0 Å². The Labute approximate surface area is 112 Å². The van der Waals surface area contributed by atoms with Crippen molar-refractivity contribution in [2.24, 2.45) is 5.92 Å².